The van der Waals surface area contributed by atoms with Crippen LogP contribution in [0, 0.1) is 0 Å². The molecule has 0 aliphatic rings. The number of nitrogens with two attached hydrogens (primary N) is 1. The zero-order chi connectivity index (χ0) is 12.8. The van der Waals surface area contributed by atoms with Crippen LogP contribution in [0.2, 0.25) is 0 Å². The molecule has 2 aromatic rings. The van der Waals surface area contributed by atoms with E-state index in [4.69, 9.17) is 5.73 Å². The summed E-state index contributed by atoms with van der Waals surface area (Å²) in [5.41, 5.74) is 6.52. The van der Waals surface area contributed by atoms with Crippen molar-refractivity contribution in [2.45, 2.75) is 13.0 Å². The standard InChI is InChI=1S/C12H15N5O/c13-11-9-14-6-3-10(11)12(18)15-4-1-7-17-8-2-5-16-17/h2-3,5-6,8-9H,1,4,7,13H2,(H,15,18). The van der Waals surface area contributed by atoms with E-state index in [1.807, 2.05) is 16.9 Å². The zero-order valence-electron chi connectivity index (χ0n) is 9.91. The molecular weight excluding hydrogens is 230 g/mol. The molecule has 0 fully saturated rings. The first-order valence-electron chi connectivity index (χ1n) is 5.72. The highest BCUT2D eigenvalue weighted by Crippen LogP contribution is 2.07. The minimum absolute atomic E-state index is 0.171. The molecule has 0 unspecified atom stereocenters. The highest BCUT2D eigenvalue weighted by Gasteiger charge is 2.07. The van der Waals surface area contributed by atoms with Crippen LogP contribution in [0.4, 0.5) is 5.69 Å². The third-order valence-electron chi connectivity index (χ3n) is 2.51. The molecule has 0 bridgehead atoms. The lowest BCUT2D eigenvalue weighted by Gasteiger charge is -2.07. The fraction of sp³-hybridized carbons (Fsp3) is 0.250. The smallest absolute Gasteiger partial charge is 0.253 e. The summed E-state index contributed by atoms with van der Waals surface area (Å²) in [4.78, 5) is 15.6. The number of nitrogens with one attached hydrogen (secondary N) is 1. The summed E-state index contributed by atoms with van der Waals surface area (Å²) in [5, 5.41) is 6.90. The Morgan fingerprint density at radius 3 is 3.06 bits per heavy atom. The largest absolute Gasteiger partial charge is 0.397 e. The van der Waals surface area contributed by atoms with E-state index in [2.05, 4.69) is 15.4 Å². The van der Waals surface area contributed by atoms with Crippen molar-refractivity contribution >= 4 is 11.6 Å². The van der Waals surface area contributed by atoms with Crippen molar-refractivity contribution in [3.8, 4) is 0 Å². The molecule has 2 heterocycles. The Hall–Kier alpha value is -2.37. The number of anilines is 1. The first-order chi connectivity index (χ1) is 8.77. The topological polar surface area (TPSA) is 85.8 Å². The first kappa shape index (κ1) is 12.1. The number of aromatic nitrogens is 3. The van der Waals surface area contributed by atoms with Gasteiger partial charge in [-0.3, -0.25) is 14.5 Å². The van der Waals surface area contributed by atoms with Crippen LogP contribution < -0.4 is 11.1 Å². The van der Waals surface area contributed by atoms with Crippen LogP contribution in [0.3, 0.4) is 0 Å². The summed E-state index contributed by atoms with van der Waals surface area (Å²) in [6, 6.07) is 3.48. The number of rotatable bonds is 5. The lowest BCUT2D eigenvalue weighted by molar-refractivity contribution is 0.0953. The second-order valence-electron chi connectivity index (χ2n) is 3.84. The van der Waals surface area contributed by atoms with Crippen LogP contribution >= 0.6 is 0 Å². The monoisotopic (exact) mass is 245 g/mol. The van der Waals surface area contributed by atoms with Crippen LogP contribution in [-0.2, 0) is 6.54 Å². The molecular formula is C12H15N5O. The summed E-state index contributed by atoms with van der Waals surface area (Å²) in [5.74, 6) is -0.171. The van der Waals surface area contributed by atoms with Gasteiger partial charge in [0.2, 0.25) is 0 Å². The molecule has 6 heteroatoms. The number of pyridine rings is 1. The van der Waals surface area contributed by atoms with Gasteiger partial charge in [-0.15, -0.1) is 0 Å². The molecule has 0 aliphatic heterocycles. The van der Waals surface area contributed by atoms with E-state index in [0.29, 0.717) is 17.8 Å². The van der Waals surface area contributed by atoms with Crippen LogP contribution in [0.15, 0.2) is 36.9 Å². The van der Waals surface area contributed by atoms with Gasteiger partial charge in [-0.25, -0.2) is 0 Å². The molecule has 2 rings (SSSR count). The van der Waals surface area contributed by atoms with Crippen LogP contribution in [-0.4, -0.2) is 27.2 Å². The molecule has 0 saturated heterocycles. The van der Waals surface area contributed by atoms with Crippen molar-refractivity contribution in [2.75, 3.05) is 12.3 Å². The van der Waals surface area contributed by atoms with Gasteiger partial charge in [0.05, 0.1) is 17.4 Å². The van der Waals surface area contributed by atoms with Gasteiger partial charge < -0.3 is 11.1 Å². The molecule has 2 aromatic heterocycles. The normalized spacial score (nSPS) is 10.2. The number of hydrogen-bond donors (Lipinski definition) is 2. The number of hydrogen-bond acceptors (Lipinski definition) is 4. The number of nitrogen functional groups attached to an aromatic ring is 1. The summed E-state index contributed by atoms with van der Waals surface area (Å²) in [6.07, 6.45) is 7.46. The molecule has 0 aliphatic carbocycles. The second-order valence-corrected chi connectivity index (χ2v) is 3.84. The van der Waals surface area contributed by atoms with Crippen molar-refractivity contribution in [3.63, 3.8) is 0 Å². The van der Waals surface area contributed by atoms with E-state index < -0.39 is 0 Å². The summed E-state index contributed by atoms with van der Waals surface area (Å²) in [6.45, 7) is 1.36. The first-order valence-corrected chi connectivity index (χ1v) is 5.72. The zero-order valence-corrected chi connectivity index (χ0v) is 9.91. The quantitative estimate of drug-likeness (QED) is 0.758. The highest BCUT2D eigenvalue weighted by molar-refractivity contribution is 5.98. The molecule has 0 aromatic carbocycles. The maximum Gasteiger partial charge on any atom is 0.253 e. The lowest BCUT2D eigenvalue weighted by Crippen LogP contribution is -2.26. The Morgan fingerprint density at radius 2 is 2.33 bits per heavy atom. The van der Waals surface area contributed by atoms with E-state index in [9.17, 15) is 4.79 Å². The summed E-state index contributed by atoms with van der Waals surface area (Å²) >= 11 is 0. The molecule has 0 saturated carbocycles. The van der Waals surface area contributed by atoms with Gasteiger partial charge in [-0.05, 0) is 18.6 Å². The van der Waals surface area contributed by atoms with E-state index in [-0.39, 0.29) is 5.91 Å². The Balaban J connectivity index is 1.77. The molecule has 6 nitrogen and oxygen atoms in total. The maximum atomic E-state index is 11.8. The molecule has 0 radical (unpaired) electrons. The van der Waals surface area contributed by atoms with Gasteiger partial charge in [0, 0.05) is 31.7 Å². The highest BCUT2D eigenvalue weighted by atomic mass is 16.1. The number of amides is 1. The molecule has 0 atom stereocenters. The van der Waals surface area contributed by atoms with Crippen LogP contribution in [0.1, 0.15) is 16.8 Å². The van der Waals surface area contributed by atoms with Crippen molar-refractivity contribution in [3.05, 3.63) is 42.5 Å². The fourth-order valence-electron chi connectivity index (χ4n) is 1.58. The number of nitrogens with zero attached hydrogens (tertiary/aromatic N) is 3. The predicted molar refractivity (Wildman–Crippen MR) is 67.8 cm³/mol. The van der Waals surface area contributed by atoms with Gasteiger partial charge in [0.25, 0.3) is 5.91 Å². The lowest BCUT2D eigenvalue weighted by atomic mass is 10.2. The van der Waals surface area contributed by atoms with Crippen LogP contribution in [0.5, 0.6) is 0 Å². The molecule has 1 amide bonds. The minimum Gasteiger partial charge on any atom is -0.397 e. The van der Waals surface area contributed by atoms with E-state index in [1.165, 1.54) is 6.20 Å². The number of carbonyl (C=O) groups excluding carboxylic acids is 1. The maximum absolute atomic E-state index is 11.8. The number of aryl methyl sites for hydroxylation is 1. The fourth-order valence-corrected chi connectivity index (χ4v) is 1.58. The Bertz CT molecular complexity index is 509. The van der Waals surface area contributed by atoms with E-state index in [0.717, 1.165) is 13.0 Å². The average molecular weight is 245 g/mol. The number of carbonyl (C=O) groups is 1. The molecule has 0 spiro atoms. The van der Waals surface area contributed by atoms with E-state index >= 15 is 0 Å². The van der Waals surface area contributed by atoms with Crippen LogP contribution in [0.25, 0.3) is 0 Å². The minimum atomic E-state index is -0.171. The predicted octanol–water partition coefficient (Wildman–Crippen LogP) is 0.680. The van der Waals surface area contributed by atoms with Crippen molar-refractivity contribution in [2.24, 2.45) is 0 Å². The average Bonchev–Trinajstić information content (AvgIpc) is 2.88. The molecule has 3 N–H and O–H groups in total. The third kappa shape index (κ3) is 3.07. The Morgan fingerprint density at radius 1 is 1.44 bits per heavy atom. The van der Waals surface area contributed by atoms with Gasteiger partial charge >= 0.3 is 0 Å². The second kappa shape index (κ2) is 5.81. The summed E-state index contributed by atoms with van der Waals surface area (Å²) < 4.78 is 1.83. The van der Waals surface area contributed by atoms with Gasteiger partial charge in [0.15, 0.2) is 0 Å². The van der Waals surface area contributed by atoms with Gasteiger partial charge in [-0.2, -0.15) is 5.10 Å². The molecule has 18 heavy (non-hydrogen) atoms. The third-order valence-corrected chi connectivity index (χ3v) is 2.51. The van der Waals surface area contributed by atoms with Crippen molar-refractivity contribution in [1.82, 2.24) is 20.1 Å². The van der Waals surface area contributed by atoms with E-state index in [1.54, 1.807) is 18.5 Å². The van der Waals surface area contributed by atoms with Crippen molar-refractivity contribution < 1.29 is 4.79 Å². The van der Waals surface area contributed by atoms with Gasteiger partial charge in [-0.1, -0.05) is 0 Å². The molecule has 94 valence electrons. The Kier molecular flexibility index (Phi) is 3.90. The van der Waals surface area contributed by atoms with Crippen molar-refractivity contribution in [1.29, 1.82) is 0 Å². The Labute approximate surface area is 105 Å². The van der Waals surface area contributed by atoms with Gasteiger partial charge in [0.1, 0.15) is 0 Å². The summed E-state index contributed by atoms with van der Waals surface area (Å²) in [7, 11) is 0. The SMILES string of the molecule is Nc1cnccc1C(=O)NCCCn1cccn1.